The number of nitro groups is 1. The molecule has 1 amide bonds. The van der Waals surface area contributed by atoms with Crippen LogP contribution in [0.1, 0.15) is 36.1 Å². The minimum absolute atomic E-state index is 0.0981. The van der Waals surface area contributed by atoms with Gasteiger partial charge in [0.2, 0.25) is 0 Å². The highest BCUT2D eigenvalue weighted by Crippen LogP contribution is 2.29. The van der Waals surface area contributed by atoms with Gasteiger partial charge in [-0.05, 0) is 57.1 Å². The summed E-state index contributed by atoms with van der Waals surface area (Å²) in [5.41, 5.74) is -0.130. The van der Waals surface area contributed by atoms with E-state index in [1.54, 1.807) is 25.1 Å². The molecule has 0 spiro atoms. The molecule has 0 radical (unpaired) electrons. The number of hydrogen-bond acceptors (Lipinski definition) is 6. The lowest BCUT2D eigenvalue weighted by Gasteiger charge is -2.11. The van der Waals surface area contributed by atoms with E-state index in [9.17, 15) is 14.9 Å². The quantitative estimate of drug-likeness (QED) is 0.601. The van der Waals surface area contributed by atoms with Crippen LogP contribution >= 0.6 is 0 Å². The van der Waals surface area contributed by atoms with Crippen LogP contribution in [0, 0.1) is 10.1 Å². The van der Waals surface area contributed by atoms with Crippen LogP contribution in [0.2, 0.25) is 0 Å². The van der Waals surface area contributed by atoms with Crippen LogP contribution in [-0.2, 0) is 6.54 Å². The second-order valence-corrected chi connectivity index (χ2v) is 6.07. The predicted octanol–water partition coefficient (Wildman–Crippen LogP) is 3.43. The van der Waals surface area contributed by atoms with Gasteiger partial charge in [-0.3, -0.25) is 19.8 Å². The highest BCUT2D eigenvalue weighted by molar-refractivity contribution is 6.03. The summed E-state index contributed by atoms with van der Waals surface area (Å²) in [5, 5.41) is 13.8. The maximum atomic E-state index is 12.4. The summed E-state index contributed by atoms with van der Waals surface area (Å²) in [6.07, 6.45) is 2.35. The van der Waals surface area contributed by atoms with Crippen LogP contribution in [0.3, 0.4) is 0 Å². The molecule has 0 atom stereocenters. The molecule has 1 aliphatic heterocycles. The maximum absolute atomic E-state index is 12.4. The Balaban J connectivity index is 1.71. The number of likely N-dealkylation sites (tertiary alicyclic amines) is 1. The van der Waals surface area contributed by atoms with Crippen molar-refractivity contribution in [1.29, 1.82) is 0 Å². The molecule has 2 aromatic rings. The molecule has 138 valence electrons. The summed E-state index contributed by atoms with van der Waals surface area (Å²) >= 11 is 0. The Morgan fingerprint density at radius 1 is 1.31 bits per heavy atom. The smallest absolute Gasteiger partial charge is 0.296 e. The first-order valence-corrected chi connectivity index (χ1v) is 8.60. The Kier molecular flexibility index (Phi) is 5.52. The van der Waals surface area contributed by atoms with Crippen molar-refractivity contribution in [3.8, 4) is 5.75 Å². The fourth-order valence-electron chi connectivity index (χ4n) is 2.95. The third kappa shape index (κ3) is 4.20. The van der Waals surface area contributed by atoms with Crippen molar-refractivity contribution >= 4 is 17.3 Å². The highest BCUT2D eigenvalue weighted by atomic mass is 16.6. The standard InChI is InChI=1S/C18H21N3O5/c1-2-25-13-5-7-15(16(11-13)21(23)24)19-18(22)17-8-6-14(26-17)12-20-9-3-4-10-20/h5-8,11H,2-4,9-10,12H2,1H3,(H,19,22). The zero-order valence-corrected chi connectivity index (χ0v) is 14.6. The molecule has 0 bridgehead atoms. The normalized spacial score (nSPS) is 14.3. The molecule has 26 heavy (non-hydrogen) atoms. The van der Waals surface area contributed by atoms with Gasteiger partial charge in [0.15, 0.2) is 5.76 Å². The number of hydrogen-bond donors (Lipinski definition) is 1. The largest absolute Gasteiger partial charge is 0.494 e. The minimum atomic E-state index is -0.556. The molecule has 2 heterocycles. The number of carbonyl (C=O) groups is 1. The van der Waals surface area contributed by atoms with Gasteiger partial charge < -0.3 is 14.5 Å². The number of ether oxygens (including phenoxy) is 1. The first-order valence-electron chi connectivity index (χ1n) is 8.60. The third-order valence-corrected chi connectivity index (χ3v) is 4.19. The summed E-state index contributed by atoms with van der Waals surface area (Å²) in [4.78, 5) is 25.3. The SMILES string of the molecule is CCOc1ccc(NC(=O)c2ccc(CN3CCCC3)o2)c([N+](=O)[O-])c1. The van der Waals surface area contributed by atoms with Crippen molar-refractivity contribution in [2.24, 2.45) is 0 Å². The summed E-state index contributed by atoms with van der Waals surface area (Å²) in [7, 11) is 0. The second-order valence-electron chi connectivity index (χ2n) is 6.07. The molecule has 0 saturated carbocycles. The van der Waals surface area contributed by atoms with E-state index in [0.29, 0.717) is 24.7 Å². The molecule has 1 fully saturated rings. The Morgan fingerprint density at radius 3 is 2.77 bits per heavy atom. The van der Waals surface area contributed by atoms with Gasteiger partial charge in [-0.15, -0.1) is 0 Å². The number of nitrogens with one attached hydrogen (secondary N) is 1. The molecule has 1 aromatic heterocycles. The van der Waals surface area contributed by atoms with Crippen LogP contribution in [-0.4, -0.2) is 35.4 Å². The van der Waals surface area contributed by atoms with Gasteiger partial charge in [-0.25, -0.2) is 0 Å². The molecule has 0 unspecified atom stereocenters. The first-order chi connectivity index (χ1) is 12.6. The van der Waals surface area contributed by atoms with E-state index in [0.717, 1.165) is 13.1 Å². The highest BCUT2D eigenvalue weighted by Gasteiger charge is 2.20. The van der Waals surface area contributed by atoms with Crippen LogP contribution < -0.4 is 10.1 Å². The van der Waals surface area contributed by atoms with E-state index in [1.165, 1.54) is 25.0 Å². The average Bonchev–Trinajstić information content (AvgIpc) is 3.28. The van der Waals surface area contributed by atoms with Gasteiger partial charge in [-0.2, -0.15) is 0 Å². The van der Waals surface area contributed by atoms with Crippen molar-refractivity contribution in [2.75, 3.05) is 25.0 Å². The average molecular weight is 359 g/mol. The lowest BCUT2D eigenvalue weighted by Crippen LogP contribution is -2.18. The molecule has 1 aromatic carbocycles. The Morgan fingerprint density at radius 2 is 2.08 bits per heavy atom. The van der Waals surface area contributed by atoms with Crippen molar-refractivity contribution in [2.45, 2.75) is 26.3 Å². The molecule has 1 N–H and O–H groups in total. The minimum Gasteiger partial charge on any atom is -0.494 e. The Labute approximate surface area is 150 Å². The summed E-state index contributed by atoms with van der Waals surface area (Å²) < 4.78 is 10.9. The Hall–Kier alpha value is -2.87. The number of furan rings is 1. The third-order valence-electron chi connectivity index (χ3n) is 4.19. The van der Waals surface area contributed by atoms with Gasteiger partial charge in [0.05, 0.1) is 24.1 Å². The van der Waals surface area contributed by atoms with Crippen LogP contribution in [0.25, 0.3) is 0 Å². The summed E-state index contributed by atoms with van der Waals surface area (Å²) in [6.45, 7) is 4.91. The lowest BCUT2D eigenvalue weighted by atomic mass is 10.2. The van der Waals surface area contributed by atoms with Crippen LogP contribution in [0.15, 0.2) is 34.7 Å². The zero-order valence-electron chi connectivity index (χ0n) is 14.6. The predicted molar refractivity (Wildman–Crippen MR) is 95.4 cm³/mol. The zero-order chi connectivity index (χ0) is 18.5. The van der Waals surface area contributed by atoms with Gasteiger partial charge in [0.1, 0.15) is 17.2 Å². The van der Waals surface area contributed by atoms with E-state index in [-0.39, 0.29) is 17.1 Å². The molecular formula is C18H21N3O5. The Bertz CT molecular complexity index is 796. The van der Waals surface area contributed by atoms with E-state index < -0.39 is 10.8 Å². The van der Waals surface area contributed by atoms with Crippen molar-refractivity contribution < 1.29 is 18.9 Å². The molecular weight excluding hydrogens is 338 g/mol. The molecule has 0 aliphatic carbocycles. The number of nitrogens with zero attached hydrogens (tertiary/aromatic N) is 2. The first kappa shape index (κ1) is 17.9. The number of nitro benzene ring substituents is 1. The monoisotopic (exact) mass is 359 g/mol. The molecule has 1 saturated heterocycles. The lowest BCUT2D eigenvalue weighted by molar-refractivity contribution is -0.384. The molecule has 3 rings (SSSR count). The van der Waals surface area contributed by atoms with E-state index in [1.807, 2.05) is 0 Å². The van der Waals surface area contributed by atoms with Gasteiger partial charge >= 0.3 is 0 Å². The fourth-order valence-corrected chi connectivity index (χ4v) is 2.95. The summed E-state index contributed by atoms with van der Waals surface area (Å²) in [5.74, 6) is 0.689. The van der Waals surface area contributed by atoms with Gasteiger partial charge in [-0.1, -0.05) is 0 Å². The van der Waals surface area contributed by atoms with Gasteiger partial charge in [0, 0.05) is 0 Å². The fraction of sp³-hybridized carbons (Fsp3) is 0.389. The maximum Gasteiger partial charge on any atom is 0.296 e. The second kappa shape index (κ2) is 8.01. The van der Waals surface area contributed by atoms with Gasteiger partial charge in [0.25, 0.3) is 11.6 Å². The van der Waals surface area contributed by atoms with Crippen LogP contribution in [0.4, 0.5) is 11.4 Å². The van der Waals surface area contributed by atoms with Crippen LogP contribution in [0.5, 0.6) is 5.75 Å². The number of rotatable bonds is 7. The van der Waals surface area contributed by atoms with Crippen molar-refractivity contribution in [1.82, 2.24) is 4.90 Å². The van der Waals surface area contributed by atoms with Crippen molar-refractivity contribution in [3.63, 3.8) is 0 Å². The van der Waals surface area contributed by atoms with Crippen molar-refractivity contribution in [3.05, 3.63) is 52.0 Å². The van der Waals surface area contributed by atoms with E-state index in [4.69, 9.17) is 9.15 Å². The number of anilines is 1. The van der Waals surface area contributed by atoms with E-state index in [2.05, 4.69) is 10.2 Å². The molecule has 8 nitrogen and oxygen atoms in total. The number of carbonyl (C=O) groups excluding carboxylic acids is 1. The molecule has 1 aliphatic rings. The molecule has 8 heteroatoms. The topological polar surface area (TPSA) is 97.8 Å². The number of benzene rings is 1. The number of amides is 1. The summed E-state index contributed by atoms with van der Waals surface area (Å²) in [6, 6.07) is 7.67. The van der Waals surface area contributed by atoms with E-state index >= 15 is 0 Å².